The molecule has 0 heterocycles. The first-order valence-electron chi connectivity index (χ1n) is 7.93. The first kappa shape index (κ1) is 16.3. The summed E-state index contributed by atoms with van der Waals surface area (Å²) >= 11 is 0. The molecule has 0 spiro atoms. The molecule has 2 atom stereocenters. The number of ketones is 1. The number of nitrogens with two attached hydrogens (primary N) is 1. The summed E-state index contributed by atoms with van der Waals surface area (Å²) in [5, 5.41) is 0. The molecule has 0 radical (unpaired) electrons. The van der Waals surface area contributed by atoms with Crippen LogP contribution in [0.5, 0.6) is 0 Å². The SMILES string of the molecule is CC(=O)c1ccc(C(C)CCC(C)c2ccc(N)cc2)cc1. The van der Waals surface area contributed by atoms with Gasteiger partial charge in [-0.3, -0.25) is 4.79 Å². The zero-order chi connectivity index (χ0) is 16.1. The Balaban J connectivity index is 1.92. The molecule has 0 saturated heterocycles. The second-order valence-electron chi connectivity index (χ2n) is 6.22. The highest BCUT2D eigenvalue weighted by atomic mass is 16.1. The van der Waals surface area contributed by atoms with Crippen LogP contribution in [-0.4, -0.2) is 5.78 Å². The molecule has 0 aromatic heterocycles. The van der Waals surface area contributed by atoms with Crippen molar-refractivity contribution in [3.05, 3.63) is 65.2 Å². The van der Waals surface area contributed by atoms with E-state index in [1.807, 2.05) is 24.3 Å². The fourth-order valence-corrected chi connectivity index (χ4v) is 2.70. The van der Waals surface area contributed by atoms with E-state index in [1.165, 1.54) is 11.1 Å². The van der Waals surface area contributed by atoms with Gasteiger partial charge in [0.15, 0.2) is 5.78 Å². The van der Waals surface area contributed by atoms with E-state index in [-0.39, 0.29) is 5.78 Å². The minimum Gasteiger partial charge on any atom is -0.399 e. The molecule has 2 aromatic rings. The van der Waals surface area contributed by atoms with E-state index in [0.717, 1.165) is 24.1 Å². The molecule has 0 fully saturated rings. The third kappa shape index (κ3) is 4.20. The zero-order valence-corrected chi connectivity index (χ0v) is 13.7. The Hall–Kier alpha value is -2.09. The third-order valence-corrected chi connectivity index (χ3v) is 4.42. The maximum Gasteiger partial charge on any atom is 0.159 e. The van der Waals surface area contributed by atoms with Crippen molar-refractivity contribution in [1.82, 2.24) is 0 Å². The molecule has 2 N–H and O–H groups in total. The van der Waals surface area contributed by atoms with Gasteiger partial charge in [0.25, 0.3) is 0 Å². The van der Waals surface area contributed by atoms with Crippen molar-refractivity contribution in [3.8, 4) is 0 Å². The second-order valence-corrected chi connectivity index (χ2v) is 6.22. The molecule has 2 unspecified atom stereocenters. The van der Waals surface area contributed by atoms with E-state index in [0.29, 0.717) is 11.8 Å². The first-order chi connectivity index (χ1) is 10.5. The van der Waals surface area contributed by atoms with Gasteiger partial charge in [0, 0.05) is 11.3 Å². The van der Waals surface area contributed by atoms with Gasteiger partial charge in [0.05, 0.1) is 0 Å². The number of rotatable bonds is 6. The highest BCUT2D eigenvalue weighted by molar-refractivity contribution is 5.94. The predicted octanol–water partition coefficient (Wildman–Crippen LogP) is 5.16. The van der Waals surface area contributed by atoms with Crippen molar-refractivity contribution in [1.29, 1.82) is 0 Å². The fraction of sp³-hybridized carbons (Fsp3) is 0.350. The van der Waals surface area contributed by atoms with Gasteiger partial charge in [-0.15, -0.1) is 0 Å². The van der Waals surface area contributed by atoms with Gasteiger partial charge < -0.3 is 5.73 Å². The summed E-state index contributed by atoms with van der Waals surface area (Å²) in [7, 11) is 0. The highest BCUT2D eigenvalue weighted by Gasteiger charge is 2.11. The normalized spacial score (nSPS) is 13.6. The Morgan fingerprint density at radius 2 is 1.27 bits per heavy atom. The van der Waals surface area contributed by atoms with Gasteiger partial charge in [0.2, 0.25) is 0 Å². The molecule has 0 aliphatic rings. The Labute approximate surface area is 133 Å². The molecule has 2 aromatic carbocycles. The fourth-order valence-electron chi connectivity index (χ4n) is 2.70. The smallest absolute Gasteiger partial charge is 0.159 e. The van der Waals surface area contributed by atoms with E-state index in [1.54, 1.807) is 6.92 Å². The number of hydrogen-bond acceptors (Lipinski definition) is 2. The van der Waals surface area contributed by atoms with Crippen LogP contribution in [0, 0.1) is 0 Å². The number of carbonyl (C=O) groups excluding carboxylic acids is 1. The lowest BCUT2D eigenvalue weighted by Crippen LogP contribution is -2.00. The van der Waals surface area contributed by atoms with E-state index < -0.39 is 0 Å². The summed E-state index contributed by atoms with van der Waals surface area (Å²) < 4.78 is 0. The predicted molar refractivity (Wildman–Crippen MR) is 93.4 cm³/mol. The largest absolute Gasteiger partial charge is 0.399 e. The highest BCUT2D eigenvalue weighted by Crippen LogP contribution is 2.28. The van der Waals surface area contributed by atoms with Gasteiger partial charge in [-0.1, -0.05) is 50.2 Å². The van der Waals surface area contributed by atoms with Gasteiger partial charge >= 0.3 is 0 Å². The minimum atomic E-state index is 0.121. The molecular formula is C20H25NO. The van der Waals surface area contributed by atoms with Gasteiger partial charge in [0.1, 0.15) is 0 Å². The summed E-state index contributed by atoms with van der Waals surface area (Å²) in [6, 6.07) is 16.2. The van der Waals surface area contributed by atoms with Crippen LogP contribution >= 0.6 is 0 Å². The molecule has 2 rings (SSSR count). The molecule has 0 saturated carbocycles. The van der Waals surface area contributed by atoms with Crippen LogP contribution in [0.3, 0.4) is 0 Å². The first-order valence-corrected chi connectivity index (χ1v) is 7.93. The van der Waals surface area contributed by atoms with Crippen molar-refractivity contribution >= 4 is 11.5 Å². The quantitative estimate of drug-likeness (QED) is 0.591. The number of Topliss-reactive ketones (excluding diaryl/α,β-unsaturated/α-hetero) is 1. The summed E-state index contributed by atoms with van der Waals surface area (Å²) in [6.07, 6.45) is 2.27. The lowest BCUT2D eigenvalue weighted by molar-refractivity contribution is 0.101. The molecular weight excluding hydrogens is 270 g/mol. The van der Waals surface area contributed by atoms with Crippen LogP contribution in [0.4, 0.5) is 5.69 Å². The number of anilines is 1. The molecule has 0 amide bonds. The lowest BCUT2D eigenvalue weighted by atomic mass is 9.89. The molecule has 2 nitrogen and oxygen atoms in total. The van der Waals surface area contributed by atoms with Crippen molar-refractivity contribution in [3.63, 3.8) is 0 Å². The number of benzene rings is 2. The second kappa shape index (κ2) is 7.26. The van der Waals surface area contributed by atoms with Crippen molar-refractivity contribution in [2.24, 2.45) is 0 Å². The Morgan fingerprint density at radius 3 is 1.68 bits per heavy atom. The Kier molecular flexibility index (Phi) is 5.37. The minimum absolute atomic E-state index is 0.121. The van der Waals surface area contributed by atoms with Crippen LogP contribution in [0.1, 0.15) is 66.9 Å². The molecule has 22 heavy (non-hydrogen) atoms. The van der Waals surface area contributed by atoms with Crippen LogP contribution in [-0.2, 0) is 0 Å². The van der Waals surface area contributed by atoms with Crippen LogP contribution < -0.4 is 5.73 Å². The molecule has 116 valence electrons. The van der Waals surface area contributed by atoms with Crippen molar-refractivity contribution in [2.75, 3.05) is 5.73 Å². The average Bonchev–Trinajstić information content (AvgIpc) is 2.53. The van der Waals surface area contributed by atoms with E-state index in [4.69, 9.17) is 5.73 Å². The van der Waals surface area contributed by atoms with Crippen LogP contribution in [0.25, 0.3) is 0 Å². The Morgan fingerprint density at radius 1 is 0.864 bits per heavy atom. The lowest BCUT2D eigenvalue weighted by Gasteiger charge is -2.16. The summed E-state index contributed by atoms with van der Waals surface area (Å²) in [4.78, 5) is 11.3. The van der Waals surface area contributed by atoms with Gasteiger partial charge in [-0.05, 0) is 54.9 Å². The van der Waals surface area contributed by atoms with Crippen LogP contribution in [0.15, 0.2) is 48.5 Å². The zero-order valence-electron chi connectivity index (χ0n) is 13.7. The standard InChI is InChI=1S/C20H25NO/c1-14(17-6-8-19(9-7-17)16(3)22)4-5-15(2)18-10-12-20(21)13-11-18/h6-15H,4-5,21H2,1-3H3. The number of nitrogen functional groups attached to an aromatic ring is 1. The molecule has 0 aliphatic heterocycles. The molecule has 2 heteroatoms. The number of hydrogen-bond donors (Lipinski definition) is 1. The summed E-state index contributed by atoms with van der Waals surface area (Å²) in [5.74, 6) is 1.15. The van der Waals surface area contributed by atoms with Gasteiger partial charge in [-0.2, -0.15) is 0 Å². The third-order valence-electron chi connectivity index (χ3n) is 4.42. The number of carbonyl (C=O) groups is 1. The van der Waals surface area contributed by atoms with E-state index in [9.17, 15) is 4.79 Å². The van der Waals surface area contributed by atoms with Crippen molar-refractivity contribution < 1.29 is 4.79 Å². The molecule has 0 bridgehead atoms. The maximum atomic E-state index is 11.3. The van der Waals surface area contributed by atoms with Crippen LogP contribution in [0.2, 0.25) is 0 Å². The Bertz CT molecular complexity index is 613. The summed E-state index contributed by atoms with van der Waals surface area (Å²) in [5.41, 5.74) is 9.97. The topological polar surface area (TPSA) is 43.1 Å². The molecule has 0 aliphatic carbocycles. The van der Waals surface area contributed by atoms with E-state index in [2.05, 4.69) is 38.1 Å². The van der Waals surface area contributed by atoms with E-state index >= 15 is 0 Å². The monoisotopic (exact) mass is 295 g/mol. The average molecular weight is 295 g/mol. The van der Waals surface area contributed by atoms with Gasteiger partial charge in [-0.25, -0.2) is 0 Å². The summed E-state index contributed by atoms with van der Waals surface area (Å²) in [6.45, 7) is 6.11. The maximum absolute atomic E-state index is 11.3. The van der Waals surface area contributed by atoms with Crippen molar-refractivity contribution in [2.45, 2.75) is 45.4 Å².